The van der Waals surface area contributed by atoms with Gasteiger partial charge < -0.3 is 4.74 Å². The Morgan fingerprint density at radius 1 is 1.39 bits per heavy atom. The van der Waals surface area contributed by atoms with Crippen molar-refractivity contribution in [2.75, 3.05) is 13.7 Å². The second-order valence-corrected chi connectivity index (χ2v) is 4.95. The van der Waals surface area contributed by atoms with Crippen LogP contribution < -0.4 is 5.84 Å². The maximum Gasteiger partial charge on any atom is 0.105 e. The molecule has 0 atom stereocenters. The van der Waals surface area contributed by atoms with Crippen LogP contribution in [0.2, 0.25) is 0 Å². The lowest BCUT2D eigenvalue weighted by molar-refractivity contribution is -0.154. The highest BCUT2D eigenvalue weighted by molar-refractivity contribution is 4.91. The molecule has 0 heterocycles. The number of hydrogen-bond donors (Lipinski definition) is 1. The predicted octanol–water partition coefficient (Wildman–Crippen LogP) is 3.17. The lowest BCUT2D eigenvalue weighted by Crippen LogP contribution is -2.31. The van der Waals surface area contributed by atoms with Crippen molar-refractivity contribution < 1.29 is 9.57 Å². The Hall–Kier alpha value is -0.840. The van der Waals surface area contributed by atoms with E-state index in [4.69, 9.17) is 15.4 Å². The van der Waals surface area contributed by atoms with Crippen LogP contribution in [0, 0.1) is 0 Å². The van der Waals surface area contributed by atoms with E-state index in [1.54, 1.807) is 7.05 Å². The van der Waals surface area contributed by atoms with Crippen LogP contribution in [-0.2, 0) is 9.57 Å². The predicted molar refractivity (Wildman–Crippen MR) is 75.5 cm³/mol. The first-order valence-electron chi connectivity index (χ1n) is 6.50. The van der Waals surface area contributed by atoms with Gasteiger partial charge in [0.15, 0.2) is 0 Å². The summed E-state index contributed by atoms with van der Waals surface area (Å²) in [4.78, 5) is 5.16. The summed E-state index contributed by atoms with van der Waals surface area (Å²) < 4.78 is 5.83. The number of ether oxygens (including phenoxy) is 1. The van der Waals surface area contributed by atoms with Gasteiger partial charge in [0, 0.05) is 19.9 Å². The Morgan fingerprint density at radius 3 is 2.61 bits per heavy atom. The first-order chi connectivity index (χ1) is 8.37. The average molecular weight is 256 g/mol. The van der Waals surface area contributed by atoms with E-state index < -0.39 is 0 Å². The molecule has 0 radical (unpaired) electrons. The molecule has 0 spiro atoms. The van der Waals surface area contributed by atoms with Crippen LogP contribution in [0.4, 0.5) is 0 Å². The number of nitrogens with two attached hydrogens (primary N) is 1. The second kappa shape index (κ2) is 9.14. The molecule has 0 fully saturated rings. The van der Waals surface area contributed by atoms with E-state index in [1.807, 2.05) is 13.8 Å². The Labute approximate surface area is 111 Å². The molecular weight excluding hydrogens is 228 g/mol. The summed E-state index contributed by atoms with van der Waals surface area (Å²) in [5.41, 5.74) is -0.276. The van der Waals surface area contributed by atoms with Gasteiger partial charge in [-0.3, -0.25) is 4.84 Å². The molecule has 0 aliphatic rings. The molecule has 4 heteroatoms. The molecule has 0 unspecified atom stereocenters. The molecule has 0 saturated carbocycles. The van der Waals surface area contributed by atoms with Gasteiger partial charge >= 0.3 is 0 Å². The number of allylic oxidation sites excluding steroid dienone is 3. The van der Waals surface area contributed by atoms with E-state index in [2.05, 4.69) is 25.7 Å². The van der Waals surface area contributed by atoms with Crippen LogP contribution >= 0.6 is 0 Å². The average Bonchev–Trinajstić information content (AvgIpc) is 2.22. The summed E-state index contributed by atoms with van der Waals surface area (Å²) in [5.74, 6) is 6.18. The molecule has 4 nitrogen and oxygen atoms in total. The first kappa shape index (κ1) is 17.2. The van der Waals surface area contributed by atoms with Gasteiger partial charge in [-0.1, -0.05) is 25.7 Å². The molecule has 0 amide bonds. The van der Waals surface area contributed by atoms with E-state index >= 15 is 0 Å². The summed E-state index contributed by atoms with van der Waals surface area (Å²) in [5, 5.41) is 1.21. The fourth-order valence-corrected chi connectivity index (χ4v) is 1.46. The van der Waals surface area contributed by atoms with Crippen LogP contribution in [0.3, 0.4) is 0 Å². The third-order valence-electron chi connectivity index (χ3n) is 2.41. The van der Waals surface area contributed by atoms with Crippen LogP contribution in [0.15, 0.2) is 24.5 Å². The van der Waals surface area contributed by atoms with E-state index in [-0.39, 0.29) is 5.60 Å². The van der Waals surface area contributed by atoms with Gasteiger partial charge in [0.1, 0.15) is 5.60 Å². The third-order valence-corrected chi connectivity index (χ3v) is 2.41. The van der Waals surface area contributed by atoms with Crippen molar-refractivity contribution in [3.8, 4) is 0 Å². The lowest BCUT2D eigenvalue weighted by atomic mass is 10.1. The molecule has 0 aromatic heterocycles. The third kappa shape index (κ3) is 10.3. The highest BCUT2D eigenvalue weighted by Gasteiger charge is 2.20. The van der Waals surface area contributed by atoms with Crippen molar-refractivity contribution in [2.45, 2.75) is 52.1 Å². The standard InChI is InChI=1S/C14H28N2O2/c1-6-7-8-9-10-13(2)18-14(3,4)11-12-17-16(5)15/h7-8H,2,6,9-12,15H2,1,3-5H3/b8-7-. The maximum absolute atomic E-state index is 5.83. The van der Waals surface area contributed by atoms with E-state index in [0.717, 1.165) is 31.4 Å². The first-order valence-corrected chi connectivity index (χ1v) is 6.50. The number of hydroxylamine groups is 1. The Morgan fingerprint density at radius 2 is 2.06 bits per heavy atom. The summed E-state index contributed by atoms with van der Waals surface area (Å²) in [6, 6.07) is 0. The molecule has 0 bridgehead atoms. The minimum atomic E-state index is -0.276. The zero-order chi connectivity index (χ0) is 14.0. The van der Waals surface area contributed by atoms with Gasteiger partial charge in [0.2, 0.25) is 0 Å². The lowest BCUT2D eigenvalue weighted by Gasteiger charge is -2.28. The van der Waals surface area contributed by atoms with E-state index in [9.17, 15) is 0 Å². The maximum atomic E-state index is 5.83. The normalized spacial score (nSPS) is 12.3. The molecule has 0 saturated heterocycles. The largest absolute Gasteiger partial charge is 0.493 e. The zero-order valence-corrected chi connectivity index (χ0v) is 12.2. The number of nitrogens with zero attached hydrogens (tertiary/aromatic N) is 1. The highest BCUT2D eigenvalue weighted by atomic mass is 16.7. The Balaban J connectivity index is 3.84. The topological polar surface area (TPSA) is 47.7 Å². The van der Waals surface area contributed by atoms with Crippen LogP contribution in [0.1, 0.15) is 46.5 Å². The Bertz CT molecular complexity index is 261. The molecule has 2 N–H and O–H groups in total. The molecule has 18 heavy (non-hydrogen) atoms. The minimum Gasteiger partial charge on any atom is -0.493 e. The van der Waals surface area contributed by atoms with Gasteiger partial charge in [0.05, 0.1) is 12.4 Å². The van der Waals surface area contributed by atoms with Crippen LogP contribution in [0.25, 0.3) is 0 Å². The van der Waals surface area contributed by atoms with Gasteiger partial charge in [-0.15, -0.1) is 5.17 Å². The van der Waals surface area contributed by atoms with Crippen LogP contribution in [-0.4, -0.2) is 24.4 Å². The molecule has 0 aromatic carbocycles. The quantitative estimate of drug-likeness (QED) is 0.282. The van der Waals surface area contributed by atoms with Gasteiger partial charge in [0.25, 0.3) is 0 Å². The molecule has 106 valence electrons. The van der Waals surface area contributed by atoms with E-state index in [0.29, 0.717) is 6.61 Å². The monoisotopic (exact) mass is 256 g/mol. The van der Waals surface area contributed by atoms with Gasteiger partial charge in [-0.2, -0.15) is 0 Å². The van der Waals surface area contributed by atoms with Crippen LogP contribution in [0.5, 0.6) is 0 Å². The summed E-state index contributed by atoms with van der Waals surface area (Å²) in [6.07, 6.45) is 7.99. The molecular formula is C14H28N2O2. The van der Waals surface area contributed by atoms with Crippen molar-refractivity contribution in [3.63, 3.8) is 0 Å². The summed E-state index contributed by atoms with van der Waals surface area (Å²) >= 11 is 0. The van der Waals surface area contributed by atoms with Crippen molar-refractivity contribution in [3.05, 3.63) is 24.5 Å². The highest BCUT2D eigenvalue weighted by Crippen LogP contribution is 2.20. The summed E-state index contributed by atoms with van der Waals surface area (Å²) in [7, 11) is 1.66. The fourth-order valence-electron chi connectivity index (χ4n) is 1.46. The Kier molecular flexibility index (Phi) is 8.71. The number of hydrazine groups is 1. The van der Waals surface area contributed by atoms with Crippen molar-refractivity contribution in [1.29, 1.82) is 0 Å². The van der Waals surface area contributed by atoms with Crippen molar-refractivity contribution >= 4 is 0 Å². The number of hydrogen-bond acceptors (Lipinski definition) is 4. The van der Waals surface area contributed by atoms with Gasteiger partial charge in [-0.05, 0) is 26.7 Å². The number of rotatable bonds is 10. The van der Waals surface area contributed by atoms with Crippen molar-refractivity contribution in [2.24, 2.45) is 5.84 Å². The van der Waals surface area contributed by atoms with Gasteiger partial charge in [-0.25, -0.2) is 5.84 Å². The molecule has 0 aliphatic heterocycles. The molecule has 0 rings (SSSR count). The van der Waals surface area contributed by atoms with Crippen molar-refractivity contribution in [1.82, 2.24) is 5.17 Å². The SMILES string of the molecule is C=C(CC/C=C\CC)OC(C)(C)CCON(C)N. The smallest absolute Gasteiger partial charge is 0.105 e. The zero-order valence-electron chi connectivity index (χ0n) is 12.2. The molecule has 0 aromatic rings. The molecule has 0 aliphatic carbocycles. The minimum absolute atomic E-state index is 0.276. The second-order valence-electron chi connectivity index (χ2n) is 4.95. The van der Waals surface area contributed by atoms with E-state index in [1.165, 1.54) is 5.17 Å². The fraction of sp³-hybridized carbons (Fsp3) is 0.714. The summed E-state index contributed by atoms with van der Waals surface area (Å²) in [6.45, 7) is 10.7.